The fourth-order valence-corrected chi connectivity index (χ4v) is 2.83. The summed E-state index contributed by atoms with van der Waals surface area (Å²) in [6.07, 6.45) is 6.31. The van der Waals surface area contributed by atoms with Crippen molar-refractivity contribution in [2.45, 2.75) is 57.5 Å². The first-order chi connectivity index (χ1) is 8.25. The fraction of sp³-hybridized carbons (Fsp3) is 0.929. The van der Waals surface area contributed by atoms with Crippen LogP contribution in [0.2, 0.25) is 0 Å². The molecule has 0 bridgehead atoms. The van der Waals surface area contributed by atoms with Crippen LogP contribution in [0.3, 0.4) is 0 Å². The van der Waals surface area contributed by atoms with Crippen LogP contribution in [0.4, 0.5) is 0 Å². The van der Waals surface area contributed by atoms with E-state index in [2.05, 4.69) is 30.1 Å². The van der Waals surface area contributed by atoms with Crippen LogP contribution in [-0.2, 0) is 0 Å². The van der Waals surface area contributed by atoms with Gasteiger partial charge in [-0.05, 0) is 51.1 Å². The van der Waals surface area contributed by atoms with Gasteiger partial charge in [-0.1, -0.05) is 13.8 Å². The molecule has 0 spiro atoms. The molecule has 1 unspecified atom stereocenters. The second-order valence-electron chi connectivity index (χ2n) is 5.59. The zero-order valence-corrected chi connectivity index (χ0v) is 11.2. The van der Waals surface area contributed by atoms with E-state index >= 15 is 0 Å². The molecule has 0 radical (unpaired) electrons. The van der Waals surface area contributed by atoms with Crippen molar-refractivity contribution < 1.29 is 0 Å². The van der Waals surface area contributed by atoms with Crippen LogP contribution in [0.5, 0.6) is 0 Å². The molecule has 0 aromatic carbocycles. The van der Waals surface area contributed by atoms with Crippen LogP contribution in [0.1, 0.15) is 46.0 Å². The van der Waals surface area contributed by atoms with Crippen molar-refractivity contribution in [3.05, 3.63) is 0 Å². The van der Waals surface area contributed by atoms with Crippen LogP contribution >= 0.6 is 0 Å². The van der Waals surface area contributed by atoms with Gasteiger partial charge in [0.1, 0.15) is 5.54 Å². The van der Waals surface area contributed by atoms with Gasteiger partial charge in [0.25, 0.3) is 0 Å². The Hall–Kier alpha value is -0.590. The largest absolute Gasteiger partial charge is 0.298 e. The molecule has 0 saturated heterocycles. The highest BCUT2D eigenvalue weighted by Gasteiger charge is 2.47. The summed E-state index contributed by atoms with van der Waals surface area (Å²) < 4.78 is 0. The Morgan fingerprint density at radius 3 is 2.41 bits per heavy atom. The molecule has 1 atom stereocenters. The van der Waals surface area contributed by atoms with Gasteiger partial charge in [-0.15, -0.1) is 0 Å². The van der Waals surface area contributed by atoms with E-state index in [1.807, 2.05) is 0 Å². The Balaban J connectivity index is 2.01. The predicted octanol–water partition coefficient (Wildman–Crippen LogP) is 2.14. The maximum Gasteiger partial charge on any atom is 0.122 e. The van der Waals surface area contributed by atoms with Crippen molar-refractivity contribution in [2.24, 2.45) is 5.92 Å². The van der Waals surface area contributed by atoms with Gasteiger partial charge in [-0.2, -0.15) is 5.26 Å². The van der Waals surface area contributed by atoms with E-state index in [9.17, 15) is 5.26 Å². The average Bonchev–Trinajstić information content (AvgIpc) is 3.20. The van der Waals surface area contributed by atoms with Crippen LogP contribution in [0, 0.1) is 17.2 Å². The lowest BCUT2D eigenvalue weighted by atomic mass is 9.93. The summed E-state index contributed by atoms with van der Waals surface area (Å²) in [5, 5.41) is 13.1. The Morgan fingerprint density at radius 2 is 2.00 bits per heavy atom. The van der Waals surface area contributed by atoms with Crippen LogP contribution in [0.15, 0.2) is 0 Å². The third-order valence-electron chi connectivity index (χ3n) is 3.99. The molecular weight excluding hydrogens is 210 g/mol. The Bertz CT molecular complexity index is 288. The number of nitrogens with one attached hydrogen (secondary N) is 1. The zero-order valence-electron chi connectivity index (χ0n) is 11.2. The quantitative estimate of drug-likeness (QED) is 0.700. The van der Waals surface area contributed by atoms with Gasteiger partial charge in [0.15, 0.2) is 0 Å². The molecular formula is C14H25N3. The maximum atomic E-state index is 9.60. The molecule has 1 N–H and O–H groups in total. The minimum atomic E-state index is -0.271. The van der Waals surface area contributed by atoms with Crippen LogP contribution in [-0.4, -0.2) is 36.1 Å². The van der Waals surface area contributed by atoms with E-state index in [-0.39, 0.29) is 5.54 Å². The van der Waals surface area contributed by atoms with Gasteiger partial charge >= 0.3 is 0 Å². The summed E-state index contributed by atoms with van der Waals surface area (Å²) in [6, 6.07) is 3.36. The van der Waals surface area contributed by atoms with Crippen molar-refractivity contribution >= 4 is 0 Å². The maximum absolute atomic E-state index is 9.60. The molecule has 2 saturated carbocycles. The van der Waals surface area contributed by atoms with E-state index in [4.69, 9.17) is 0 Å². The molecule has 2 aliphatic rings. The predicted molar refractivity (Wildman–Crippen MR) is 69.6 cm³/mol. The number of nitrogens with zero attached hydrogens (tertiary/aromatic N) is 2. The Morgan fingerprint density at radius 1 is 1.29 bits per heavy atom. The molecule has 0 amide bonds. The minimum absolute atomic E-state index is 0.271. The van der Waals surface area contributed by atoms with E-state index in [1.54, 1.807) is 0 Å². The monoisotopic (exact) mass is 235 g/mol. The van der Waals surface area contributed by atoms with E-state index in [1.165, 1.54) is 32.1 Å². The minimum Gasteiger partial charge on any atom is -0.298 e. The molecule has 0 aliphatic heterocycles. The smallest absolute Gasteiger partial charge is 0.122 e. The molecule has 2 aliphatic carbocycles. The van der Waals surface area contributed by atoms with Crippen molar-refractivity contribution in [1.82, 2.24) is 10.2 Å². The first kappa shape index (κ1) is 12.9. The van der Waals surface area contributed by atoms with E-state index < -0.39 is 0 Å². The lowest BCUT2D eigenvalue weighted by molar-refractivity contribution is 0.189. The second-order valence-corrected chi connectivity index (χ2v) is 5.59. The molecule has 3 nitrogen and oxygen atoms in total. The molecule has 3 heteroatoms. The Kier molecular flexibility index (Phi) is 4.06. The normalized spacial score (nSPS) is 23.4. The summed E-state index contributed by atoms with van der Waals surface area (Å²) in [5.41, 5.74) is -0.271. The van der Waals surface area contributed by atoms with Crippen LogP contribution in [0.25, 0.3) is 0 Å². The lowest BCUT2D eigenvalue weighted by Gasteiger charge is -2.34. The number of hydrogen-bond donors (Lipinski definition) is 1. The van der Waals surface area contributed by atoms with Crippen LogP contribution < -0.4 is 5.32 Å². The summed E-state index contributed by atoms with van der Waals surface area (Å²) in [5.74, 6) is 0.588. The molecule has 0 aromatic heterocycles. The first-order valence-corrected chi connectivity index (χ1v) is 7.16. The summed E-state index contributed by atoms with van der Waals surface area (Å²) in [7, 11) is 0. The average molecular weight is 235 g/mol. The summed E-state index contributed by atoms with van der Waals surface area (Å²) in [6.45, 7) is 7.31. The van der Waals surface area contributed by atoms with Gasteiger partial charge in [-0.3, -0.25) is 10.2 Å². The second kappa shape index (κ2) is 5.37. The summed E-state index contributed by atoms with van der Waals surface area (Å²) in [4.78, 5) is 2.55. The van der Waals surface area contributed by atoms with Crippen molar-refractivity contribution in [2.75, 3.05) is 19.6 Å². The zero-order chi connectivity index (χ0) is 12.3. The number of nitriles is 1. The van der Waals surface area contributed by atoms with Gasteiger partial charge in [-0.25, -0.2) is 0 Å². The Labute approximate surface area is 105 Å². The highest BCUT2D eigenvalue weighted by molar-refractivity contribution is 5.17. The molecule has 2 fully saturated rings. The SMILES string of the molecule is CCCN(CC(C#N)(NCC)C1CC1)C1CC1. The van der Waals surface area contributed by atoms with Gasteiger partial charge in [0.05, 0.1) is 6.07 Å². The fourth-order valence-electron chi connectivity index (χ4n) is 2.83. The van der Waals surface area contributed by atoms with Gasteiger partial charge < -0.3 is 0 Å². The summed E-state index contributed by atoms with van der Waals surface area (Å²) >= 11 is 0. The topological polar surface area (TPSA) is 39.1 Å². The lowest BCUT2D eigenvalue weighted by Crippen LogP contribution is -2.55. The molecule has 17 heavy (non-hydrogen) atoms. The van der Waals surface area contributed by atoms with Gasteiger partial charge in [0.2, 0.25) is 0 Å². The standard InChI is InChI=1S/C14H25N3/c1-3-9-17(13-7-8-13)11-14(10-15,16-4-2)12-5-6-12/h12-13,16H,3-9,11H2,1-2H3. The first-order valence-electron chi connectivity index (χ1n) is 7.16. The molecule has 0 heterocycles. The van der Waals surface area contributed by atoms with Gasteiger partial charge in [0, 0.05) is 12.6 Å². The highest BCUT2D eigenvalue weighted by atomic mass is 15.2. The number of rotatable bonds is 8. The highest BCUT2D eigenvalue weighted by Crippen LogP contribution is 2.41. The third kappa shape index (κ3) is 3.00. The molecule has 96 valence electrons. The van der Waals surface area contributed by atoms with Crippen molar-refractivity contribution in [3.8, 4) is 6.07 Å². The number of hydrogen-bond acceptors (Lipinski definition) is 3. The molecule has 2 rings (SSSR count). The van der Waals surface area contributed by atoms with E-state index in [0.29, 0.717) is 5.92 Å². The van der Waals surface area contributed by atoms with Crippen molar-refractivity contribution in [1.29, 1.82) is 5.26 Å². The third-order valence-corrected chi connectivity index (χ3v) is 3.99. The molecule has 0 aromatic rings. The van der Waals surface area contributed by atoms with E-state index in [0.717, 1.165) is 25.7 Å². The number of likely N-dealkylation sites (N-methyl/N-ethyl adjacent to an activating group) is 1. The van der Waals surface area contributed by atoms with Crippen molar-refractivity contribution in [3.63, 3.8) is 0 Å².